The van der Waals surface area contributed by atoms with Crippen LogP contribution in [0.3, 0.4) is 0 Å². The van der Waals surface area contributed by atoms with E-state index in [0.717, 1.165) is 6.20 Å². The molecule has 0 aliphatic carbocycles. The van der Waals surface area contributed by atoms with Crippen LogP contribution in [0.1, 0.15) is 35.4 Å². The van der Waals surface area contributed by atoms with Crippen LogP contribution >= 0.6 is 22.9 Å². The summed E-state index contributed by atoms with van der Waals surface area (Å²) in [5, 5.41) is 12.8. The number of rotatable bonds is 4. The van der Waals surface area contributed by atoms with E-state index in [1.165, 1.54) is 17.4 Å². The van der Waals surface area contributed by atoms with E-state index < -0.39 is 11.9 Å². The fraction of sp³-hybridized carbons (Fsp3) is 0.333. The molecular formula is C18H17ClFN5O2S. The van der Waals surface area contributed by atoms with Crippen molar-refractivity contribution < 1.29 is 14.3 Å². The summed E-state index contributed by atoms with van der Waals surface area (Å²) in [6, 6.07) is 2.73. The molecule has 7 nitrogen and oxygen atoms in total. The number of β-amino-alcohol motifs (C(OH)–C–C–N with tert-alkyl or cyclic N) is 1. The first-order chi connectivity index (χ1) is 13.4. The summed E-state index contributed by atoms with van der Waals surface area (Å²) >= 11 is 7.37. The maximum atomic E-state index is 13.4. The van der Waals surface area contributed by atoms with Crippen molar-refractivity contribution in [3.63, 3.8) is 0 Å². The van der Waals surface area contributed by atoms with Crippen molar-refractivity contribution in [3.05, 3.63) is 45.9 Å². The van der Waals surface area contributed by atoms with Crippen LogP contribution in [0, 0.1) is 5.82 Å². The third-order valence-electron chi connectivity index (χ3n) is 4.57. The number of carbonyl (C=O) groups is 1. The molecule has 10 heteroatoms. The number of aliphatic hydroxyl groups excluding tert-OH is 1. The number of likely N-dealkylation sites (tertiary alicyclic amines) is 1. The summed E-state index contributed by atoms with van der Waals surface area (Å²) in [7, 11) is 0. The van der Waals surface area contributed by atoms with Crippen LogP contribution in [-0.2, 0) is 0 Å². The Morgan fingerprint density at radius 3 is 2.96 bits per heavy atom. The average Bonchev–Trinajstić information content (AvgIpc) is 3.25. The molecule has 0 unspecified atom stereocenters. The lowest BCUT2D eigenvalue weighted by Crippen LogP contribution is -2.30. The second kappa shape index (κ2) is 7.57. The maximum Gasteiger partial charge on any atom is 0.274 e. The number of thiophene rings is 1. The van der Waals surface area contributed by atoms with Gasteiger partial charge >= 0.3 is 0 Å². The van der Waals surface area contributed by atoms with Gasteiger partial charge in [-0.25, -0.2) is 14.4 Å². The lowest BCUT2D eigenvalue weighted by Gasteiger charge is -2.17. The van der Waals surface area contributed by atoms with Crippen molar-refractivity contribution in [3.8, 4) is 0 Å². The highest BCUT2D eigenvalue weighted by Crippen LogP contribution is 2.32. The van der Waals surface area contributed by atoms with Crippen molar-refractivity contribution in [2.75, 3.05) is 18.4 Å². The Kier molecular flexibility index (Phi) is 5.13. The molecule has 1 aliphatic rings. The molecule has 1 aliphatic heterocycles. The van der Waals surface area contributed by atoms with Gasteiger partial charge in [0.2, 0.25) is 5.95 Å². The Balaban J connectivity index is 1.68. The van der Waals surface area contributed by atoms with Gasteiger partial charge in [-0.15, -0.1) is 11.3 Å². The predicted octanol–water partition coefficient (Wildman–Crippen LogP) is 3.26. The molecular weight excluding hydrogens is 405 g/mol. The molecule has 146 valence electrons. The average molecular weight is 422 g/mol. The van der Waals surface area contributed by atoms with Gasteiger partial charge in [0.25, 0.3) is 5.91 Å². The molecule has 0 aromatic carbocycles. The summed E-state index contributed by atoms with van der Waals surface area (Å²) in [4.78, 5) is 27.2. The summed E-state index contributed by atoms with van der Waals surface area (Å²) in [6.45, 7) is 2.57. The van der Waals surface area contributed by atoms with Gasteiger partial charge in [-0.05, 0) is 31.0 Å². The zero-order valence-corrected chi connectivity index (χ0v) is 16.5. The Hall–Kier alpha value is -2.36. The highest BCUT2D eigenvalue weighted by molar-refractivity contribution is 7.23. The van der Waals surface area contributed by atoms with Gasteiger partial charge in [0, 0.05) is 19.3 Å². The fourth-order valence-corrected chi connectivity index (χ4v) is 4.27. The molecule has 2 atom stereocenters. The number of amides is 1. The molecule has 0 bridgehead atoms. The van der Waals surface area contributed by atoms with E-state index in [4.69, 9.17) is 11.6 Å². The third-order valence-corrected chi connectivity index (χ3v) is 5.83. The Labute approximate surface area is 169 Å². The maximum absolute atomic E-state index is 13.4. The number of hydrogen-bond acceptors (Lipinski definition) is 7. The molecule has 28 heavy (non-hydrogen) atoms. The SMILES string of the molecule is C[C@H](Nc1nc(C(=O)N2CC[C@H](O)C2)c2sc(Cl)cc2n1)c1cncc(F)c1. The molecule has 2 N–H and O–H groups in total. The van der Waals surface area contributed by atoms with Crippen LogP contribution in [0.4, 0.5) is 10.3 Å². The first-order valence-corrected chi connectivity index (χ1v) is 9.91. The molecule has 3 aromatic heterocycles. The van der Waals surface area contributed by atoms with Crippen LogP contribution < -0.4 is 5.32 Å². The quantitative estimate of drug-likeness (QED) is 0.671. The minimum atomic E-state index is -0.522. The number of aromatic nitrogens is 3. The van der Waals surface area contributed by atoms with Crippen molar-refractivity contribution in [2.24, 2.45) is 0 Å². The van der Waals surface area contributed by atoms with Crippen molar-refractivity contribution in [1.82, 2.24) is 19.9 Å². The summed E-state index contributed by atoms with van der Waals surface area (Å²) in [5.41, 5.74) is 1.42. The smallest absolute Gasteiger partial charge is 0.274 e. The minimum Gasteiger partial charge on any atom is -0.391 e. The van der Waals surface area contributed by atoms with Gasteiger partial charge in [-0.2, -0.15) is 0 Å². The Morgan fingerprint density at radius 1 is 1.43 bits per heavy atom. The molecule has 0 spiro atoms. The Morgan fingerprint density at radius 2 is 2.25 bits per heavy atom. The third kappa shape index (κ3) is 3.78. The summed E-state index contributed by atoms with van der Waals surface area (Å²) in [6.07, 6.45) is 2.71. The van der Waals surface area contributed by atoms with Crippen LogP contribution in [0.5, 0.6) is 0 Å². The topological polar surface area (TPSA) is 91.2 Å². The standard InChI is InChI=1S/C18H17ClFN5O2S/c1-9(10-4-11(20)7-21-6-10)22-18-23-13-5-14(19)28-16(13)15(24-18)17(27)25-3-2-12(26)8-25/h4-7,9,12,26H,2-3,8H2,1H3,(H,22,23,24)/t9-,12-/m0/s1. The van der Waals surface area contributed by atoms with E-state index in [1.807, 2.05) is 6.92 Å². The number of fused-ring (bicyclic) bond motifs is 1. The fourth-order valence-electron chi connectivity index (χ4n) is 3.13. The second-order valence-electron chi connectivity index (χ2n) is 6.66. The molecule has 1 fully saturated rings. The van der Waals surface area contributed by atoms with Crippen LogP contribution in [0.2, 0.25) is 4.34 Å². The van der Waals surface area contributed by atoms with Gasteiger partial charge in [0.1, 0.15) is 5.82 Å². The van der Waals surface area contributed by atoms with Crippen LogP contribution in [0.15, 0.2) is 24.5 Å². The first kappa shape index (κ1) is 19.0. The minimum absolute atomic E-state index is 0.238. The van der Waals surface area contributed by atoms with Gasteiger partial charge in [-0.3, -0.25) is 9.78 Å². The number of carbonyl (C=O) groups excluding carboxylic acids is 1. The zero-order valence-electron chi connectivity index (χ0n) is 14.9. The molecule has 4 heterocycles. The lowest BCUT2D eigenvalue weighted by atomic mass is 10.1. The van der Waals surface area contributed by atoms with Gasteiger partial charge < -0.3 is 15.3 Å². The van der Waals surface area contributed by atoms with Crippen LogP contribution in [-0.4, -0.2) is 50.1 Å². The number of anilines is 1. The zero-order chi connectivity index (χ0) is 19.8. The number of pyridine rings is 1. The van der Waals surface area contributed by atoms with E-state index in [9.17, 15) is 14.3 Å². The summed E-state index contributed by atoms with van der Waals surface area (Å²) in [5.74, 6) is -0.469. The largest absolute Gasteiger partial charge is 0.391 e. The van der Waals surface area contributed by atoms with E-state index in [2.05, 4.69) is 20.3 Å². The molecule has 0 radical (unpaired) electrons. The van der Waals surface area contributed by atoms with Crippen molar-refractivity contribution in [1.29, 1.82) is 0 Å². The van der Waals surface area contributed by atoms with E-state index in [0.29, 0.717) is 33.1 Å². The van der Waals surface area contributed by atoms with E-state index in [1.54, 1.807) is 17.2 Å². The molecule has 1 saturated heterocycles. The normalized spacial score (nSPS) is 17.9. The number of nitrogens with one attached hydrogen (secondary N) is 1. The highest BCUT2D eigenvalue weighted by atomic mass is 35.5. The number of nitrogens with zero attached hydrogens (tertiary/aromatic N) is 4. The number of halogens is 2. The first-order valence-electron chi connectivity index (χ1n) is 8.72. The monoisotopic (exact) mass is 421 g/mol. The molecule has 0 saturated carbocycles. The van der Waals surface area contributed by atoms with Crippen molar-refractivity contribution in [2.45, 2.75) is 25.5 Å². The second-order valence-corrected chi connectivity index (χ2v) is 8.34. The van der Waals surface area contributed by atoms with E-state index >= 15 is 0 Å². The summed E-state index contributed by atoms with van der Waals surface area (Å²) < 4.78 is 14.5. The predicted molar refractivity (Wildman–Crippen MR) is 105 cm³/mol. The highest BCUT2D eigenvalue weighted by Gasteiger charge is 2.29. The Bertz CT molecular complexity index is 1050. The van der Waals surface area contributed by atoms with Gasteiger partial charge in [0.05, 0.1) is 32.9 Å². The van der Waals surface area contributed by atoms with Gasteiger partial charge in [0.15, 0.2) is 5.69 Å². The number of hydrogen-bond donors (Lipinski definition) is 2. The lowest BCUT2D eigenvalue weighted by molar-refractivity contribution is 0.0761. The molecule has 3 aromatic rings. The van der Waals surface area contributed by atoms with Crippen LogP contribution in [0.25, 0.3) is 10.2 Å². The molecule has 4 rings (SSSR count). The molecule has 1 amide bonds. The van der Waals surface area contributed by atoms with E-state index in [-0.39, 0.29) is 30.1 Å². The van der Waals surface area contributed by atoms with Gasteiger partial charge in [-0.1, -0.05) is 11.6 Å². The van der Waals surface area contributed by atoms with Crippen molar-refractivity contribution >= 4 is 45.0 Å². The number of aliphatic hydroxyl groups is 1.